The first-order valence-electron chi connectivity index (χ1n) is 8.77. The Balaban J connectivity index is 1.53. The first kappa shape index (κ1) is 16.7. The van der Waals surface area contributed by atoms with Crippen molar-refractivity contribution in [3.63, 3.8) is 0 Å². The molecule has 7 heteroatoms. The van der Waals surface area contributed by atoms with Crippen molar-refractivity contribution in [3.05, 3.63) is 24.3 Å². The topological polar surface area (TPSA) is 61.9 Å². The first-order valence-corrected chi connectivity index (χ1v) is 9.76. The van der Waals surface area contributed by atoms with Gasteiger partial charge in [-0.15, -0.1) is 11.8 Å². The Labute approximate surface area is 151 Å². The number of amides is 2. The highest BCUT2D eigenvalue weighted by atomic mass is 32.2. The number of benzene rings is 1. The Bertz CT molecular complexity index is 692. The molecule has 0 unspecified atom stereocenters. The molecule has 0 aliphatic carbocycles. The maximum absolute atomic E-state index is 12.9. The second kappa shape index (κ2) is 6.53. The summed E-state index contributed by atoms with van der Waals surface area (Å²) in [4.78, 5) is 29.0. The number of fused-ring (bicyclic) bond motifs is 1. The minimum atomic E-state index is -0.386. The van der Waals surface area contributed by atoms with Gasteiger partial charge in [0.15, 0.2) is 0 Å². The number of thioether (sulfide) groups is 1. The van der Waals surface area contributed by atoms with Gasteiger partial charge in [0.2, 0.25) is 11.8 Å². The number of hydrogen-bond donors (Lipinski definition) is 1. The highest BCUT2D eigenvalue weighted by Gasteiger charge is 2.52. The summed E-state index contributed by atoms with van der Waals surface area (Å²) < 4.78 is 5.42. The van der Waals surface area contributed by atoms with E-state index < -0.39 is 0 Å². The maximum Gasteiger partial charge on any atom is 0.248 e. The van der Waals surface area contributed by atoms with Gasteiger partial charge in [-0.05, 0) is 25.5 Å². The molecule has 1 N–H and O–H groups in total. The van der Waals surface area contributed by atoms with Gasteiger partial charge in [-0.3, -0.25) is 9.59 Å². The molecule has 3 aliphatic rings. The van der Waals surface area contributed by atoms with E-state index in [1.165, 1.54) is 0 Å². The molecule has 3 saturated heterocycles. The van der Waals surface area contributed by atoms with Gasteiger partial charge in [0.1, 0.15) is 6.04 Å². The lowest BCUT2D eigenvalue weighted by molar-refractivity contribution is -0.135. The van der Waals surface area contributed by atoms with E-state index >= 15 is 0 Å². The average molecular weight is 361 g/mol. The summed E-state index contributed by atoms with van der Waals surface area (Å²) in [5, 5.41) is 3.07. The number of carbonyl (C=O) groups is 2. The smallest absolute Gasteiger partial charge is 0.248 e. The molecular weight excluding hydrogens is 338 g/mol. The molecule has 2 amide bonds. The number of morpholine rings is 1. The van der Waals surface area contributed by atoms with E-state index in [4.69, 9.17) is 4.74 Å². The number of rotatable bonds is 3. The van der Waals surface area contributed by atoms with Crippen molar-refractivity contribution >= 4 is 35.0 Å². The number of anilines is 2. The van der Waals surface area contributed by atoms with Crippen LogP contribution in [0.1, 0.15) is 19.8 Å². The van der Waals surface area contributed by atoms with Crippen LogP contribution in [-0.4, -0.2) is 59.7 Å². The molecule has 0 aromatic heterocycles. The predicted molar refractivity (Wildman–Crippen MR) is 98.8 cm³/mol. The summed E-state index contributed by atoms with van der Waals surface area (Å²) in [5.74, 6) is 0.662. The molecule has 3 heterocycles. The summed E-state index contributed by atoms with van der Waals surface area (Å²) in [7, 11) is 0. The fraction of sp³-hybridized carbons (Fsp3) is 0.556. The fourth-order valence-corrected chi connectivity index (χ4v) is 5.32. The standard InChI is InChI=1S/C18H23N3O3S/c1-18-7-6-16(22)21(18)15(12-25-18)17(23)19-13-4-2-3-5-14(13)20-8-10-24-11-9-20/h2-5,15H,6-12H2,1H3,(H,19,23)/t15-,18-/m0/s1. The van der Waals surface area contributed by atoms with Gasteiger partial charge in [0.25, 0.3) is 0 Å². The van der Waals surface area contributed by atoms with Crippen molar-refractivity contribution < 1.29 is 14.3 Å². The zero-order chi connectivity index (χ0) is 17.4. The summed E-state index contributed by atoms with van der Waals surface area (Å²) in [6.07, 6.45) is 1.36. The fourth-order valence-electron chi connectivity index (χ4n) is 3.89. The molecule has 0 bridgehead atoms. The number of para-hydroxylation sites is 2. The van der Waals surface area contributed by atoms with Gasteiger partial charge in [0, 0.05) is 25.3 Å². The van der Waals surface area contributed by atoms with Gasteiger partial charge in [-0.25, -0.2) is 0 Å². The highest BCUT2D eigenvalue weighted by Crippen LogP contribution is 2.47. The zero-order valence-electron chi connectivity index (χ0n) is 14.4. The van der Waals surface area contributed by atoms with Gasteiger partial charge < -0.3 is 19.9 Å². The molecule has 0 radical (unpaired) electrons. The van der Waals surface area contributed by atoms with Gasteiger partial charge in [-0.2, -0.15) is 0 Å². The summed E-state index contributed by atoms with van der Waals surface area (Å²) in [6, 6.07) is 7.47. The van der Waals surface area contributed by atoms with Crippen LogP contribution in [0.25, 0.3) is 0 Å². The Morgan fingerprint density at radius 2 is 2.08 bits per heavy atom. The van der Waals surface area contributed by atoms with Crippen molar-refractivity contribution in [1.82, 2.24) is 4.90 Å². The second-order valence-corrected chi connectivity index (χ2v) is 8.37. The Morgan fingerprint density at radius 3 is 2.88 bits per heavy atom. The lowest BCUT2D eigenvalue weighted by Gasteiger charge is -2.32. The van der Waals surface area contributed by atoms with Crippen LogP contribution in [0.5, 0.6) is 0 Å². The van der Waals surface area contributed by atoms with Crippen LogP contribution < -0.4 is 10.2 Å². The van der Waals surface area contributed by atoms with Crippen molar-refractivity contribution in [2.24, 2.45) is 0 Å². The monoisotopic (exact) mass is 361 g/mol. The van der Waals surface area contributed by atoms with Crippen LogP contribution in [0.3, 0.4) is 0 Å². The Hall–Kier alpha value is -1.73. The summed E-state index contributed by atoms with van der Waals surface area (Å²) in [6.45, 7) is 5.09. The third-order valence-corrected chi connectivity index (χ3v) is 6.77. The van der Waals surface area contributed by atoms with Crippen LogP contribution in [0.4, 0.5) is 11.4 Å². The molecule has 3 fully saturated rings. The number of nitrogens with zero attached hydrogens (tertiary/aromatic N) is 2. The molecule has 3 aliphatic heterocycles. The van der Waals surface area contributed by atoms with Gasteiger partial charge in [-0.1, -0.05) is 12.1 Å². The van der Waals surface area contributed by atoms with E-state index in [2.05, 4.69) is 17.1 Å². The van der Waals surface area contributed by atoms with E-state index in [1.54, 1.807) is 16.7 Å². The number of hydrogen-bond acceptors (Lipinski definition) is 5. The SMILES string of the molecule is C[C@]12CCC(=O)N1[C@H](C(=O)Nc1ccccc1N1CCOCC1)CS2. The van der Waals surface area contributed by atoms with Crippen LogP contribution >= 0.6 is 11.8 Å². The van der Waals surface area contributed by atoms with Crippen molar-refractivity contribution in [2.45, 2.75) is 30.7 Å². The molecule has 1 aromatic carbocycles. The van der Waals surface area contributed by atoms with E-state index in [0.717, 1.165) is 30.9 Å². The molecule has 2 atom stereocenters. The Morgan fingerprint density at radius 1 is 1.32 bits per heavy atom. The first-order chi connectivity index (χ1) is 12.1. The minimum Gasteiger partial charge on any atom is -0.378 e. The van der Waals surface area contributed by atoms with Crippen LogP contribution in [0.15, 0.2) is 24.3 Å². The number of ether oxygens (including phenoxy) is 1. The third kappa shape index (κ3) is 3.00. The molecule has 0 saturated carbocycles. The molecule has 6 nitrogen and oxygen atoms in total. The minimum absolute atomic E-state index is 0.0906. The number of carbonyl (C=O) groups excluding carboxylic acids is 2. The lowest BCUT2D eigenvalue weighted by Crippen LogP contribution is -2.48. The van der Waals surface area contributed by atoms with E-state index in [-0.39, 0.29) is 22.7 Å². The Kier molecular flexibility index (Phi) is 4.37. The molecule has 1 aromatic rings. The van der Waals surface area contributed by atoms with E-state index in [1.807, 2.05) is 24.3 Å². The molecule has 0 spiro atoms. The molecule has 4 rings (SSSR count). The molecule has 25 heavy (non-hydrogen) atoms. The quantitative estimate of drug-likeness (QED) is 0.891. The van der Waals surface area contributed by atoms with Crippen LogP contribution in [-0.2, 0) is 14.3 Å². The van der Waals surface area contributed by atoms with Crippen molar-refractivity contribution in [2.75, 3.05) is 42.3 Å². The highest BCUT2D eigenvalue weighted by molar-refractivity contribution is 8.01. The lowest BCUT2D eigenvalue weighted by atomic mass is 10.2. The van der Waals surface area contributed by atoms with Gasteiger partial charge >= 0.3 is 0 Å². The number of nitrogens with one attached hydrogen (secondary N) is 1. The van der Waals surface area contributed by atoms with E-state index in [9.17, 15) is 9.59 Å². The molecule has 134 valence electrons. The van der Waals surface area contributed by atoms with Crippen molar-refractivity contribution in [3.8, 4) is 0 Å². The van der Waals surface area contributed by atoms with Gasteiger partial charge in [0.05, 0.1) is 29.5 Å². The predicted octanol–water partition coefficient (Wildman–Crippen LogP) is 1.92. The van der Waals surface area contributed by atoms with Crippen LogP contribution in [0.2, 0.25) is 0 Å². The van der Waals surface area contributed by atoms with Crippen LogP contribution in [0, 0.1) is 0 Å². The normalized spacial score (nSPS) is 29.0. The maximum atomic E-state index is 12.9. The summed E-state index contributed by atoms with van der Waals surface area (Å²) >= 11 is 1.72. The second-order valence-electron chi connectivity index (χ2n) is 6.87. The third-order valence-electron chi connectivity index (χ3n) is 5.26. The van der Waals surface area contributed by atoms with Crippen molar-refractivity contribution in [1.29, 1.82) is 0 Å². The average Bonchev–Trinajstić information content (AvgIpc) is 3.12. The van der Waals surface area contributed by atoms with E-state index in [0.29, 0.717) is 25.4 Å². The zero-order valence-corrected chi connectivity index (χ0v) is 15.2. The summed E-state index contributed by atoms with van der Waals surface area (Å²) in [5.41, 5.74) is 1.82. The molecular formula is C18H23N3O3S. The largest absolute Gasteiger partial charge is 0.378 e.